The summed E-state index contributed by atoms with van der Waals surface area (Å²) in [6.45, 7) is 17.0. The van der Waals surface area contributed by atoms with Crippen molar-refractivity contribution in [3.05, 3.63) is 11.6 Å². The Hall–Kier alpha value is -0.870. The molecule has 0 bridgehead atoms. The molecule has 214 valence electrons. The molecule has 4 saturated carbocycles. The molecule has 37 heavy (non-hydrogen) atoms. The van der Waals surface area contributed by atoms with Crippen LogP contribution in [0.4, 0.5) is 0 Å². The average molecular weight is 518 g/mol. The largest absolute Gasteiger partial charge is 0.396 e. The lowest BCUT2D eigenvalue weighted by molar-refractivity contribution is -0.218. The molecule has 0 aromatic carbocycles. The van der Waals surface area contributed by atoms with Crippen molar-refractivity contribution in [1.29, 1.82) is 0 Å². The summed E-state index contributed by atoms with van der Waals surface area (Å²) in [6, 6.07) is 0. The Bertz CT molecular complexity index is 942. The van der Waals surface area contributed by atoms with Gasteiger partial charge in [0.1, 0.15) is 0 Å². The Morgan fingerprint density at radius 1 is 0.946 bits per heavy atom. The van der Waals surface area contributed by atoms with Gasteiger partial charge in [-0.05, 0) is 103 Å². The minimum atomic E-state index is -0.457. The van der Waals surface area contributed by atoms with Gasteiger partial charge in [-0.3, -0.25) is 4.79 Å². The maximum Gasteiger partial charge on any atom is 0.223 e. The van der Waals surface area contributed by atoms with Crippen LogP contribution < -0.4 is 5.73 Å². The second-order valence-electron chi connectivity index (χ2n) is 15.5. The molecule has 0 aliphatic heterocycles. The first-order valence-electron chi connectivity index (χ1n) is 14.4. The van der Waals surface area contributed by atoms with E-state index in [9.17, 15) is 15.0 Å². The van der Waals surface area contributed by atoms with E-state index in [0.29, 0.717) is 17.8 Å². The van der Waals surface area contributed by atoms with Crippen molar-refractivity contribution >= 4 is 5.91 Å². The lowest BCUT2D eigenvalue weighted by Crippen LogP contribution is -2.67. The molecule has 0 spiro atoms. The molecule has 5 rings (SSSR count). The lowest BCUT2D eigenvalue weighted by Gasteiger charge is -2.72. The van der Waals surface area contributed by atoms with Crippen molar-refractivity contribution in [2.24, 2.45) is 61.9 Å². The number of aliphatic hydroxyl groups excluding tert-OH is 2. The van der Waals surface area contributed by atoms with Gasteiger partial charge >= 0.3 is 0 Å². The lowest BCUT2D eigenvalue weighted by atomic mass is 9.33. The van der Waals surface area contributed by atoms with Gasteiger partial charge in [-0.2, -0.15) is 0 Å². The third-order valence-corrected chi connectivity index (χ3v) is 13.8. The van der Waals surface area contributed by atoms with Crippen LogP contribution in [-0.2, 0) is 4.79 Å². The third kappa shape index (κ3) is 3.77. The Balaban J connectivity index is 0.00000190. The molecule has 4 nitrogen and oxygen atoms in total. The molecule has 5 aliphatic rings. The second-order valence-corrected chi connectivity index (χ2v) is 15.5. The van der Waals surface area contributed by atoms with Crippen LogP contribution in [0.5, 0.6) is 0 Å². The molecule has 4 fully saturated rings. The van der Waals surface area contributed by atoms with E-state index in [2.05, 4.69) is 54.5 Å². The first kappa shape index (κ1) is 30.7. The summed E-state index contributed by atoms with van der Waals surface area (Å²) in [7, 11) is 0. The fraction of sp³-hybridized carbons (Fsp3) is 0.909. The molecular formula is C33H59NO3. The van der Waals surface area contributed by atoms with Gasteiger partial charge in [-0.25, -0.2) is 0 Å². The molecule has 4 N–H and O–H groups in total. The SMILES string of the molecule is C.C.CC1(C)[C@@H](CO)CC[C@]2(C)[C@H]3C(O)C=C4[C@@H]5C[C@@](C)(C(N)=O)CC[C@]5(C)CC[C@@]4(C)[C@]3(C)CC[C@@H]12. The van der Waals surface area contributed by atoms with Gasteiger partial charge in [0.15, 0.2) is 0 Å². The Labute approximate surface area is 228 Å². The number of fused-ring (bicyclic) bond motifs is 7. The molecule has 0 saturated heterocycles. The smallest absolute Gasteiger partial charge is 0.223 e. The highest BCUT2D eigenvalue weighted by Gasteiger charge is 2.69. The van der Waals surface area contributed by atoms with E-state index >= 15 is 0 Å². The molecule has 4 heteroatoms. The molecule has 5 aliphatic carbocycles. The van der Waals surface area contributed by atoms with E-state index in [1.165, 1.54) is 24.8 Å². The molecular weight excluding hydrogens is 458 g/mol. The maximum atomic E-state index is 12.5. The predicted molar refractivity (Wildman–Crippen MR) is 154 cm³/mol. The third-order valence-electron chi connectivity index (χ3n) is 13.8. The van der Waals surface area contributed by atoms with E-state index in [4.69, 9.17) is 5.73 Å². The van der Waals surface area contributed by atoms with Crippen LogP contribution in [0.3, 0.4) is 0 Å². The number of primary amides is 1. The fourth-order valence-electron chi connectivity index (χ4n) is 11.1. The number of rotatable bonds is 2. The predicted octanol–water partition coefficient (Wildman–Crippen LogP) is 7.12. The topological polar surface area (TPSA) is 83.6 Å². The molecule has 1 amide bonds. The van der Waals surface area contributed by atoms with Gasteiger partial charge in [0, 0.05) is 17.9 Å². The van der Waals surface area contributed by atoms with Crippen LogP contribution in [0.2, 0.25) is 0 Å². The van der Waals surface area contributed by atoms with Crippen LogP contribution in [0.1, 0.15) is 121 Å². The van der Waals surface area contributed by atoms with Gasteiger partial charge in [0.25, 0.3) is 0 Å². The first-order valence-corrected chi connectivity index (χ1v) is 14.4. The Kier molecular flexibility index (Phi) is 7.53. The summed E-state index contributed by atoms with van der Waals surface area (Å²) in [5, 5.41) is 22.2. The summed E-state index contributed by atoms with van der Waals surface area (Å²) >= 11 is 0. The number of allylic oxidation sites excluding steroid dienone is 1. The monoisotopic (exact) mass is 517 g/mol. The van der Waals surface area contributed by atoms with Crippen molar-refractivity contribution in [2.75, 3.05) is 6.61 Å². The summed E-state index contributed by atoms with van der Waals surface area (Å²) in [5.41, 5.74) is 7.29. The van der Waals surface area contributed by atoms with E-state index in [0.717, 1.165) is 38.5 Å². The first-order chi connectivity index (χ1) is 16.1. The van der Waals surface area contributed by atoms with Gasteiger partial charge in [-0.15, -0.1) is 0 Å². The quantitative estimate of drug-likeness (QED) is 0.341. The molecule has 0 aromatic rings. The summed E-state index contributed by atoms with van der Waals surface area (Å²) in [5.74, 6) is 1.22. The van der Waals surface area contributed by atoms with E-state index in [1.54, 1.807) is 0 Å². The van der Waals surface area contributed by atoms with Crippen molar-refractivity contribution in [3.8, 4) is 0 Å². The minimum Gasteiger partial charge on any atom is -0.396 e. The van der Waals surface area contributed by atoms with Crippen molar-refractivity contribution in [1.82, 2.24) is 0 Å². The zero-order valence-corrected chi connectivity index (χ0v) is 23.4. The minimum absolute atomic E-state index is 0. The van der Waals surface area contributed by atoms with Gasteiger partial charge < -0.3 is 15.9 Å². The van der Waals surface area contributed by atoms with Crippen molar-refractivity contribution < 1.29 is 15.0 Å². The summed E-state index contributed by atoms with van der Waals surface area (Å²) in [4.78, 5) is 12.5. The molecule has 1 unspecified atom stereocenters. The second kappa shape index (κ2) is 9.08. The Morgan fingerprint density at radius 3 is 2.16 bits per heavy atom. The Morgan fingerprint density at radius 2 is 1.57 bits per heavy atom. The molecule has 0 radical (unpaired) electrons. The van der Waals surface area contributed by atoms with Gasteiger partial charge in [0.2, 0.25) is 5.91 Å². The number of carbonyl (C=O) groups is 1. The maximum absolute atomic E-state index is 12.5. The number of carbonyl (C=O) groups excluding carboxylic acids is 1. The highest BCUT2D eigenvalue weighted by molar-refractivity contribution is 5.80. The number of amides is 1. The highest BCUT2D eigenvalue weighted by Crippen LogP contribution is 2.76. The van der Waals surface area contributed by atoms with Crippen LogP contribution in [0, 0.1) is 56.2 Å². The average Bonchev–Trinajstić information content (AvgIpc) is 2.76. The number of hydrogen-bond donors (Lipinski definition) is 3. The van der Waals surface area contributed by atoms with Gasteiger partial charge in [0.05, 0.1) is 6.10 Å². The number of aliphatic hydroxyl groups is 2. The molecule has 10 atom stereocenters. The van der Waals surface area contributed by atoms with Crippen molar-refractivity contribution in [2.45, 2.75) is 127 Å². The van der Waals surface area contributed by atoms with Crippen LogP contribution >= 0.6 is 0 Å². The van der Waals surface area contributed by atoms with Crippen LogP contribution in [0.25, 0.3) is 0 Å². The summed E-state index contributed by atoms with van der Waals surface area (Å²) < 4.78 is 0. The molecule has 0 heterocycles. The normalized spacial score (nSPS) is 52.0. The zero-order chi connectivity index (χ0) is 25.8. The van der Waals surface area contributed by atoms with E-state index in [1.807, 2.05) is 0 Å². The van der Waals surface area contributed by atoms with Gasteiger partial charge in [-0.1, -0.05) is 75.0 Å². The highest BCUT2D eigenvalue weighted by atomic mass is 16.3. The summed E-state index contributed by atoms with van der Waals surface area (Å²) in [6.07, 6.45) is 11.3. The van der Waals surface area contributed by atoms with Crippen LogP contribution in [0.15, 0.2) is 11.6 Å². The standard InChI is InChI=1S/C31H51NO3.2CH4/c1-26(2)19(18-33)8-10-29(5)23(26)9-11-31(7)24(29)22(34)16-20-21-17-28(4,25(32)35)13-12-27(21,3)14-15-30(20,31)6;;/h16,19,21-24,33-34H,8-15,17-18H2,1-7H3,(H2,32,35);2*1H4/t19-,21+,22?,23+,24-,27-,28+,29+,30-,31-;;/m1../s1. The zero-order valence-electron chi connectivity index (χ0n) is 23.4. The van der Waals surface area contributed by atoms with E-state index < -0.39 is 11.5 Å². The molecule has 0 aromatic heterocycles. The fourth-order valence-corrected chi connectivity index (χ4v) is 11.1. The van der Waals surface area contributed by atoms with E-state index in [-0.39, 0.29) is 60.4 Å². The number of hydrogen-bond acceptors (Lipinski definition) is 3. The van der Waals surface area contributed by atoms with Crippen molar-refractivity contribution in [3.63, 3.8) is 0 Å². The number of nitrogens with two attached hydrogens (primary N) is 1. The van der Waals surface area contributed by atoms with Crippen LogP contribution in [-0.4, -0.2) is 28.8 Å².